The fourth-order valence-corrected chi connectivity index (χ4v) is 4.82. The molecule has 4 N–H and O–H groups in total. The molecule has 4 rings (SSSR count). The number of hydrogen-bond acceptors (Lipinski definition) is 6. The minimum Gasteiger partial charge on any atom is -0.373 e. The summed E-state index contributed by atoms with van der Waals surface area (Å²) in [5.74, 6) is -1.65. The van der Waals surface area contributed by atoms with Crippen molar-refractivity contribution in [3.05, 3.63) is 69.3 Å². The lowest BCUT2D eigenvalue weighted by molar-refractivity contribution is -0.125. The summed E-state index contributed by atoms with van der Waals surface area (Å²) < 4.78 is 0. The van der Waals surface area contributed by atoms with Crippen LogP contribution >= 0.6 is 23.2 Å². The van der Waals surface area contributed by atoms with E-state index in [1.54, 1.807) is 61.3 Å². The van der Waals surface area contributed by atoms with E-state index in [4.69, 9.17) is 28.9 Å². The Bertz CT molecular complexity index is 1290. The van der Waals surface area contributed by atoms with E-state index in [-0.39, 0.29) is 17.1 Å². The molecule has 2 aliphatic rings. The second-order valence-corrected chi connectivity index (χ2v) is 9.88. The van der Waals surface area contributed by atoms with Gasteiger partial charge in [0, 0.05) is 39.4 Å². The second kappa shape index (κ2) is 9.02. The minimum absolute atomic E-state index is 0.0743. The molecule has 2 amide bonds. The van der Waals surface area contributed by atoms with Gasteiger partial charge in [-0.15, -0.1) is 0 Å². The number of nitrogens with one attached hydrogen (secondary N) is 2. The Hall–Kier alpha value is -3.36. The molecule has 35 heavy (non-hydrogen) atoms. The van der Waals surface area contributed by atoms with Crippen molar-refractivity contribution in [1.29, 1.82) is 0 Å². The number of carbonyl (C=O) groups is 4. The van der Waals surface area contributed by atoms with Crippen LogP contribution in [-0.4, -0.2) is 37.5 Å². The van der Waals surface area contributed by atoms with Crippen molar-refractivity contribution in [2.24, 2.45) is 11.1 Å². The first-order chi connectivity index (χ1) is 16.5. The smallest absolute Gasteiger partial charge is 0.259 e. The van der Waals surface area contributed by atoms with Crippen molar-refractivity contribution < 1.29 is 19.2 Å². The number of anilines is 2. The second-order valence-electron chi connectivity index (χ2n) is 9.01. The number of likely N-dealkylation sites (N-methyl/N-ethyl adjacent to an activating group) is 1. The van der Waals surface area contributed by atoms with E-state index < -0.39 is 29.3 Å². The Morgan fingerprint density at radius 3 is 2.46 bits per heavy atom. The first-order valence-electron chi connectivity index (χ1n) is 10.9. The molecule has 1 aliphatic heterocycles. The molecule has 2 aromatic carbocycles. The Morgan fingerprint density at radius 1 is 1.17 bits per heavy atom. The van der Waals surface area contributed by atoms with Gasteiger partial charge in [0.15, 0.2) is 17.6 Å². The molecule has 0 spiro atoms. The molecule has 1 unspecified atom stereocenters. The van der Waals surface area contributed by atoms with Gasteiger partial charge in [0.05, 0.1) is 17.8 Å². The highest BCUT2D eigenvalue weighted by Gasteiger charge is 2.60. The van der Waals surface area contributed by atoms with Gasteiger partial charge < -0.3 is 21.3 Å². The van der Waals surface area contributed by atoms with Gasteiger partial charge in [0.2, 0.25) is 5.91 Å². The zero-order chi connectivity index (χ0) is 25.5. The number of rotatable bonds is 9. The first-order valence-corrected chi connectivity index (χ1v) is 11.7. The van der Waals surface area contributed by atoms with Crippen LogP contribution in [0.2, 0.25) is 10.0 Å². The number of aldehydes is 1. The molecule has 0 bridgehead atoms. The highest BCUT2D eigenvalue weighted by atomic mass is 35.5. The number of allylic oxidation sites excluding steroid dienone is 1. The molecule has 1 saturated carbocycles. The van der Waals surface area contributed by atoms with Crippen molar-refractivity contribution in [3.63, 3.8) is 0 Å². The third-order valence-electron chi connectivity index (χ3n) is 6.62. The maximum Gasteiger partial charge on any atom is 0.259 e. The van der Waals surface area contributed by atoms with Crippen LogP contribution in [0, 0.1) is 5.41 Å². The lowest BCUT2D eigenvalue weighted by atomic mass is 9.75. The molecule has 1 fully saturated rings. The van der Waals surface area contributed by atoms with Gasteiger partial charge in [-0.2, -0.15) is 0 Å². The van der Waals surface area contributed by atoms with Gasteiger partial charge in [-0.25, -0.2) is 0 Å². The van der Waals surface area contributed by atoms with Crippen molar-refractivity contribution in [2.75, 3.05) is 23.8 Å². The van der Waals surface area contributed by atoms with Crippen molar-refractivity contribution in [2.45, 2.75) is 25.3 Å². The van der Waals surface area contributed by atoms with E-state index in [2.05, 4.69) is 10.6 Å². The van der Waals surface area contributed by atoms with Crippen LogP contribution in [0.25, 0.3) is 0 Å². The van der Waals surface area contributed by atoms with Crippen LogP contribution in [0.4, 0.5) is 11.4 Å². The summed E-state index contributed by atoms with van der Waals surface area (Å²) in [4.78, 5) is 53.5. The van der Waals surface area contributed by atoms with Crippen LogP contribution in [0.15, 0.2) is 53.7 Å². The van der Waals surface area contributed by atoms with Gasteiger partial charge in [-0.3, -0.25) is 19.2 Å². The number of carbonyl (C=O) groups excluding carboxylic acids is 4. The summed E-state index contributed by atoms with van der Waals surface area (Å²) in [7, 11) is 1.65. The van der Waals surface area contributed by atoms with Gasteiger partial charge in [-0.05, 0) is 43.2 Å². The van der Waals surface area contributed by atoms with E-state index in [1.165, 1.54) is 0 Å². The molecule has 8 nitrogen and oxygen atoms in total. The number of benzene rings is 2. The standard InChI is InChI=1S/C25H24Cl2N4O4/c1-24(8-9-24)22(34)21(19(13-32)29-12-20(28)33)25(31(2)16-5-3-4-14(26)10-16)17-7-6-15(27)11-18(17)30-23(25)35/h3-7,10-11,13,29H,8-9,12H2,1-2H3,(H2,28,33)(H,30,35)/b21-19+. The number of hydrogen-bond donors (Lipinski definition) is 3. The number of nitrogens with two attached hydrogens (primary N) is 1. The number of ketones is 1. The van der Waals surface area contributed by atoms with Crippen molar-refractivity contribution >= 4 is 58.5 Å². The Kier molecular flexibility index (Phi) is 6.38. The van der Waals surface area contributed by atoms with E-state index in [9.17, 15) is 19.2 Å². The quantitative estimate of drug-likeness (QED) is 0.349. The number of halogens is 2. The average Bonchev–Trinajstić information content (AvgIpc) is 3.50. The largest absolute Gasteiger partial charge is 0.373 e. The highest BCUT2D eigenvalue weighted by molar-refractivity contribution is 6.31. The topological polar surface area (TPSA) is 122 Å². The summed E-state index contributed by atoms with van der Waals surface area (Å²) in [5, 5.41) is 6.33. The van der Waals surface area contributed by atoms with Gasteiger partial charge in [0.25, 0.3) is 5.91 Å². The monoisotopic (exact) mass is 514 g/mol. The molecule has 10 heteroatoms. The summed E-state index contributed by atoms with van der Waals surface area (Å²) in [6.07, 6.45) is 1.64. The van der Waals surface area contributed by atoms with E-state index in [1.807, 2.05) is 0 Å². The van der Waals surface area contributed by atoms with Crippen LogP contribution in [0.5, 0.6) is 0 Å². The lowest BCUT2D eigenvalue weighted by Crippen LogP contribution is -2.54. The number of amides is 2. The summed E-state index contributed by atoms with van der Waals surface area (Å²) in [5.41, 5.74) is 3.88. The molecule has 182 valence electrons. The normalized spacial score (nSPS) is 20.3. The number of Topliss-reactive ketones (excluding diaryl/α,β-unsaturated/α-hetero) is 1. The number of fused-ring (bicyclic) bond motifs is 1. The Balaban J connectivity index is 2.08. The molecule has 2 aromatic rings. The van der Waals surface area contributed by atoms with Crippen LogP contribution in [0.1, 0.15) is 25.3 Å². The average molecular weight is 515 g/mol. The third kappa shape index (κ3) is 4.17. The van der Waals surface area contributed by atoms with Gasteiger partial charge in [-0.1, -0.05) is 42.3 Å². The zero-order valence-corrected chi connectivity index (χ0v) is 20.7. The predicted molar refractivity (Wildman–Crippen MR) is 134 cm³/mol. The summed E-state index contributed by atoms with van der Waals surface area (Å²) >= 11 is 12.5. The third-order valence-corrected chi connectivity index (χ3v) is 7.09. The first kappa shape index (κ1) is 24.8. The number of nitrogens with zero attached hydrogens (tertiary/aromatic N) is 1. The van der Waals surface area contributed by atoms with Gasteiger partial charge >= 0.3 is 0 Å². The van der Waals surface area contributed by atoms with Crippen LogP contribution < -0.4 is 21.3 Å². The zero-order valence-electron chi connectivity index (χ0n) is 19.2. The molecule has 1 heterocycles. The maximum atomic E-state index is 14.1. The molecule has 1 aliphatic carbocycles. The lowest BCUT2D eigenvalue weighted by Gasteiger charge is -2.41. The van der Waals surface area contributed by atoms with Crippen molar-refractivity contribution in [1.82, 2.24) is 5.32 Å². The summed E-state index contributed by atoms with van der Waals surface area (Å²) in [6.45, 7) is 1.39. The fourth-order valence-electron chi connectivity index (χ4n) is 4.47. The molecule has 0 saturated heterocycles. The van der Waals surface area contributed by atoms with E-state index >= 15 is 0 Å². The minimum atomic E-state index is -1.77. The Morgan fingerprint density at radius 2 is 1.86 bits per heavy atom. The van der Waals surface area contributed by atoms with Gasteiger partial charge in [0.1, 0.15) is 0 Å². The summed E-state index contributed by atoms with van der Waals surface area (Å²) in [6, 6.07) is 11.6. The molecular formula is C25H24Cl2N4O4. The molecule has 0 radical (unpaired) electrons. The van der Waals surface area contributed by atoms with Crippen LogP contribution in [-0.2, 0) is 24.7 Å². The fraction of sp³-hybridized carbons (Fsp3) is 0.280. The molecule has 1 atom stereocenters. The predicted octanol–water partition coefficient (Wildman–Crippen LogP) is 3.17. The highest BCUT2D eigenvalue weighted by Crippen LogP contribution is 2.54. The SMILES string of the molecule is CN(c1cccc(Cl)c1)C1(/C(C(=O)C2(C)CC2)=C(\C=O)NCC(N)=O)C(=O)Nc2cc(Cl)ccc21. The van der Waals surface area contributed by atoms with E-state index in [0.717, 1.165) is 0 Å². The number of primary amides is 1. The Labute approximate surface area is 212 Å². The van der Waals surface area contributed by atoms with E-state index in [0.29, 0.717) is 46.1 Å². The van der Waals surface area contributed by atoms with Crippen LogP contribution in [0.3, 0.4) is 0 Å². The maximum absolute atomic E-state index is 14.1. The molecular weight excluding hydrogens is 491 g/mol. The van der Waals surface area contributed by atoms with Crippen molar-refractivity contribution in [3.8, 4) is 0 Å². The molecule has 0 aromatic heterocycles.